The number of amides is 1. The molecule has 3 N–H and O–H groups in total. The third kappa shape index (κ3) is 5.03. The van der Waals surface area contributed by atoms with E-state index in [1.807, 2.05) is 0 Å². The first-order valence-electron chi connectivity index (χ1n) is 9.50. The summed E-state index contributed by atoms with van der Waals surface area (Å²) < 4.78 is 5.30. The summed E-state index contributed by atoms with van der Waals surface area (Å²) in [5.41, 5.74) is 7.88. The van der Waals surface area contributed by atoms with Crippen LogP contribution in [-0.2, 0) is 22.6 Å². The first-order chi connectivity index (χ1) is 12.0. The van der Waals surface area contributed by atoms with Crippen LogP contribution in [0.15, 0.2) is 24.3 Å². The lowest BCUT2D eigenvalue weighted by molar-refractivity contribution is -0.129. The molecule has 138 valence electrons. The maximum atomic E-state index is 12.4. The zero-order valence-electron chi connectivity index (χ0n) is 15.3. The number of hydrogen-bond acceptors (Lipinski definition) is 4. The molecule has 5 nitrogen and oxygen atoms in total. The van der Waals surface area contributed by atoms with E-state index in [0.29, 0.717) is 32.6 Å². The molecule has 2 fully saturated rings. The molecule has 0 bridgehead atoms. The van der Waals surface area contributed by atoms with Gasteiger partial charge in [-0.1, -0.05) is 31.2 Å². The molecule has 2 heterocycles. The summed E-state index contributed by atoms with van der Waals surface area (Å²) in [6.45, 7) is 7.40. The van der Waals surface area contributed by atoms with Gasteiger partial charge in [0, 0.05) is 26.3 Å². The lowest BCUT2D eigenvalue weighted by Gasteiger charge is -2.31. The lowest BCUT2D eigenvalue weighted by Crippen LogP contribution is -2.56. The van der Waals surface area contributed by atoms with Gasteiger partial charge in [0.15, 0.2) is 0 Å². The van der Waals surface area contributed by atoms with Gasteiger partial charge in [0.05, 0.1) is 5.54 Å². The van der Waals surface area contributed by atoms with E-state index in [4.69, 9.17) is 10.5 Å². The van der Waals surface area contributed by atoms with Gasteiger partial charge < -0.3 is 15.8 Å². The summed E-state index contributed by atoms with van der Waals surface area (Å²) in [6, 6.07) is 8.56. The highest BCUT2D eigenvalue weighted by Gasteiger charge is 2.35. The van der Waals surface area contributed by atoms with E-state index in [1.165, 1.54) is 31.5 Å². The average Bonchev–Trinajstić information content (AvgIpc) is 2.63. The van der Waals surface area contributed by atoms with Crippen molar-refractivity contribution in [3.8, 4) is 0 Å². The predicted molar refractivity (Wildman–Crippen MR) is 98.9 cm³/mol. The number of carbonyl (C=O) groups is 1. The summed E-state index contributed by atoms with van der Waals surface area (Å²) in [4.78, 5) is 14.9. The minimum absolute atomic E-state index is 0.0673. The van der Waals surface area contributed by atoms with E-state index in [1.54, 1.807) is 0 Å². The molecule has 1 amide bonds. The highest BCUT2D eigenvalue weighted by Crippen LogP contribution is 2.19. The number of nitrogens with one attached hydrogen (secondary N) is 1. The maximum Gasteiger partial charge on any atom is 0.240 e. The van der Waals surface area contributed by atoms with Crippen LogP contribution in [0.25, 0.3) is 0 Å². The van der Waals surface area contributed by atoms with Crippen molar-refractivity contribution >= 4 is 5.91 Å². The summed E-state index contributed by atoms with van der Waals surface area (Å²) in [7, 11) is 0. The molecular weight excluding hydrogens is 314 g/mol. The van der Waals surface area contributed by atoms with Crippen LogP contribution in [0.5, 0.6) is 0 Å². The third-order valence-electron chi connectivity index (χ3n) is 5.60. The normalized spacial score (nSPS) is 21.8. The standard InChI is InChI=1S/C20H31N3O2/c1-16-6-10-23(11-7-16)15-18-4-2-17(3-5-18)14-22-19(24)20(21)8-12-25-13-9-20/h2-5,16H,6-15,21H2,1H3,(H,22,24). The van der Waals surface area contributed by atoms with Crippen molar-refractivity contribution < 1.29 is 9.53 Å². The van der Waals surface area contributed by atoms with Gasteiger partial charge in [-0.3, -0.25) is 9.69 Å². The summed E-state index contributed by atoms with van der Waals surface area (Å²) in [6.07, 6.45) is 3.78. The molecule has 2 aliphatic heterocycles. The molecule has 1 aromatic carbocycles. The monoisotopic (exact) mass is 345 g/mol. The molecule has 1 aromatic rings. The number of rotatable bonds is 5. The third-order valence-corrected chi connectivity index (χ3v) is 5.60. The van der Waals surface area contributed by atoms with Gasteiger partial charge in [-0.2, -0.15) is 0 Å². The number of hydrogen-bond donors (Lipinski definition) is 2. The van der Waals surface area contributed by atoms with Gasteiger partial charge in [0.25, 0.3) is 0 Å². The van der Waals surface area contributed by atoms with Crippen LogP contribution in [0, 0.1) is 5.92 Å². The highest BCUT2D eigenvalue weighted by atomic mass is 16.5. The van der Waals surface area contributed by atoms with Crippen molar-refractivity contribution in [1.29, 1.82) is 0 Å². The van der Waals surface area contributed by atoms with Gasteiger partial charge in [-0.15, -0.1) is 0 Å². The second-order valence-corrected chi connectivity index (χ2v) is 7.73. The van der Waals surface area contributed by atoms with E-state index >= 15 is 0 Å². The van der Waals surface area contributed by atoms with Gasteiger partial charge in [0.1, 0.15) is 0 Å². The van der Waals surface area contributed by atoms with Crippen LogP contribution < -0.4 is 11.1 Å². The van der Waals surface area contributed by atoms with Crippen molar-refractivity contribution in [3.63, 3.8) is 0 Å². The number of likely N-dealkylation sites (tertiary alicyclic amines) is 1. The van der Waals surface area contributed by atoms with E-state index < -0.39 is 5.54 Å². The summed E-state index contributed by atoms with van der Waals surface area (Å²) in [5, 5.41) is 2.98. The number of benzene rings is 1. The number of ether oxygens (including phenoxy) is 1. The van der Waals surface area contributed by atoms with Crippen LogP contribution in [0.1, 0.15) is 43.7 Å². The summed E-state index contributed by atoms with van der Waals surface area (Å²) >= 11 is 0. The Kier molecular flexibility index (Phi) is 6.10. The fourth-order valence-corrected chi connectivity index (χ4v) is 3.56. The van der Waals surface area contributed by atoms with Crippen molar-refractivity contribution in [1.82, 2.24) is 10.2 Å². The van der Waals surface area contributed by atoms with Crippen molar-refractivity contribution in [3.05, 3.63) is 35.4 Å². The first kappa shape index (κ1) is 18.4. The molecule has 2 saturated heterocycles. The fourth-order valence-electron chi connectivity index (χ4n) is 3.56. The molecule has 0 radical (unpaired) electrons. The van der Waals surface area contributed by atoms with Crippen LogP contribution in [0.3, 0.4) is 0 Å². The second-order valence-electron chi connectivity index (χ2n) is 7.73. The minimum atomic E-state index is -0.774. The number of carbonyl (C=O) groups excluding carboxylic acids is 1. The molecule has 0 aromatic heterocycles. The lowest BCUT2D eigenvalue weighted by atomic mass is 9.90. The smallest absolute Gasteiger partial charge is 0.240 e. The molecule has 3 rings (SSSR count). The van der Waals surface area contributed by atoms with Crippen molar-refractivity contribution in [2.45, 2.75) is 51.2 Å². The van der Waals surface area contributed by atoms with Crippen molar-refractivity contribution in [2.24, 2.45) is 11.7 Å². The van der Waals surface area contributed by atoms with E-state index in [-0.39, 0.29) is 5.91 Å². The van der Waals surface area contributed by atoms with Crippen LogP contribution in [0.4, 0.5) is 0 Å². The van der Waals surface area contributed by atoms with E-state index in [2.05, 4.69) is 41.4 Å². The Morgan fingerprint density at radius 1 is 1.20 bits per heavy atom. The zero-order valence-corrected chi connectivity index (χ0v) is 15.3. The highest BCUT2D eigenvalue weighted by molar-refractivity contribution is 5.86. The molecule has 0 atom stereocenters. The maximum absolute atomic E-state index is 12.4. The number of piperidine rings is 1. The quantitative estimate of drug-likeness (QED) is 0.857. The molecule has 5 heteroatoms. The van der Waals surface area contributed by atoms with Crippen molar-refractivity contribution in [2.75, 3.05) is 26.3 Å². The van der Waals surface area contributed by atoms with Gasteiger partial charge in [0.2, 0.25) is 5.91 Å². The molecule has 0 saturated carbocycles. The zero-order chi connectivity index (χ0) is 17.7. The summed E-state index contributed by atoms with van der Waals surface area (Å²) in [5.74, 6) is 0.797. The van der Waals surface area contributed by atoms with Gasteiger partial charge in [-0.05, 0) is 55.8 Å². The Morgan fingerprint density at radius 3 is 2.44 bits per heavy atom. The second kappa shape index (κ2) is 8.30. The van der Waals surface area contributed by atoms with Crippen LogP contribution in [-0.4, -0.2) is 42.6 Å². The first-order valence-corrected chi connectivity index (χ1v) is 9.50. The van der Waals surface area contributed by atoms with Gasteiger partial charge in [-0.25, -0.2) is 0 Å². The molecular formula is C20H31N3O2. The number of nitrogens with zero attached hydrogens (tertiary/aromatic N) is 1. The Bertz CT molecular complexity index is 559. The predicted octanol–water partition coefficient (Wildman–Crippen LogP) is 2.04. The molecule has 0 unspecified atom stereocenters. The van der Waals surface area contributed by atoms with Gasteiger partial charge >= 0.3 is 0 Å². The average molecular weight is 345 g/mol. The topological polar surface area (TPSA) is 67.6 Å². The SMILES string of the molecule is CC1CCN(Cc2ccc(CNC(=O)C3(N)CCOCC3)cc2)CC1. The van der Waals surface area contributed by atoms with Crippen LogP contribution in [0.2, 0.25) is 0 Å². The molecule has 25 heavy (non-hydrogen) atoms. The van der Waals surface area contributed by atoms with Crippen LogP contribution >= 0.6 is 0 Å². The molecule has 0 aliphatic carbocycles. The fraction of sp³-hybridized carbons (Fsp3) is 0.650. The minimum Gasteiger partial charge on any atom is -0.381 e. The largest absolute Gasteiger partial charge is 0.381 e. The molecule has 0 spiro atoms. The Labute approximate surface area is 150 Å². The Balaban J connectivity index is 1.46. The number of nitrogens with two attached hydrogens (primary N) is 1. The Hall–Kier alpha value is -1.43. The van der Waals surface area contributed by atoms with E-state index in [0.717, 1.165) is 18.0 Å². The molecule has 2 aliphatic rings. The van der Waals surface area contributed by atoms with E-state index in [9.17, 15) is 4.79 Å². The Morgan fingerprint density at radius 2 is 1.80 bits per heavy atom.